The molecule has 204 valence electrons. The maximum Gasteiger partial charge on any atom is 0.416 e. The van der Waals surface area contributed by atoms with Crippen LogP contribution >= 0.6 is 35.3 Å². The second kappa shape index (κ2) is 11.3. The number of nitrogens with zero attached hydrogens (tertiary/aromatic N) is 3. The molecular formula is C27H19F3N4O3S3. The van der Waals surface area contributed by atoms with E-state index < -0.39 is 17.6 Å². The molecule has 2 heterocycles. The highest BCUT2D eigenvalue weighted by molar-refractivity contribution is 7.99. The molecule has 0 fully saturated rings. The lowest BCUT2D eigenvalue weighted by Gasteiger charge is -2.14. The lowest BCUT2D eigenvalue weighted by molar-refractivity contribution is -0.137. The number of nitrogens with one attached hydrogen (secondary N) is 1. The van der Waals surface area contributed by atoms with Crippen LogP contribution in [0.5, 0.6) is 5.75 Å². The molecule has 0 bridgehead atoms. The molecule has 0 aliphatic rings. The Bertz CT molecular complexity index is 1830. The van der Waals surface area contributed by atoms with Gasteiger partial charge in [0.05, 0.1) is 29.8 Å². The average molecular weight is 601 g/mol. The van der Waals surface area contributed by atoms with Crippen molar-refractivity contribution in [2.24, 2.45) is 0 Å². The Morgan fingerprint density at radius 2 is 1.77 bits per heavy atom. The van der Waals surface area contributed by atoms with E-state index in [1.165, 1.54) is 23.8 Å². The number of aromatic nitrogens is 3. The number of ether oxygens (including phenoxy) is 1. The number of anilines is 1. The second-order valence-corrected chi connectivity index (χ2v) is 10.9. The number of halogens is 3. The van der Waals surface area contributed by atoms with Crippen LogP contribution in [0.25, 0.3) is 21.7 Å². The molecule has 5 rings (SSSR count). The van der Waals surface area contributed by atoms with Gasteiger partial charge in [0, 0.05) is 5.69 Å². The fourth-order valence-electron chi connectivity index (χ4n) is 3.96. The number of methoxy groups -OCH3 is 1. The van der Waals surface area contributed by atoms with E-state index in [1.54, 1.807) is 53.1 Å². The number of carbonyl (C=O) groups excluding carboxylic acids is 1. The van der Waals surface area contributed by atoms with E-state index in [4.69, 9.17) is 21.9 Å². The van der Waals surface area contributed by atoms with Crippen LogP contribution in [0.1, 0.15) is 5.56 Å². The van der Waals surface area contributed by atoms with Crippen LogP contribution in [0.4, 0.5) is 18.9 Å². The summed E-state index contributed by atoms with van der Waals surface area (Å²) in [5.41, 5.74) is 0.196. The number of rotatable bonds is 7. The van der Waals surface area contributed by atoms with Crippen molar-refractivity contribution in [2.75, 3.05) is 18.2 Å². The van der Waals surface area contributed by atoms with E-state index in [0.717, 1.165) is 35.2 Å². The van der Waals surface area contributed by atoms with Crippen LogP contribution < -0.4 is 15.6 Å². The Morgan fingerprint density at radius 1 is 1.05 bits per heavy atom. The molecular weight excluding hydrogens is 582 g/mol. The molecule has 0 unspecified atom stereocenters. The van der Waals surface area contributed by atoms with Gasteiger partial charge in [-0.05, 0) is 54.7 Å². The van der Waals surface area contributed by atoms with Crippen molar-refractivity contribution in [2.45, 2.75) is 11.3 Å². The molecule has 40 heavy (non-hydrogen) atoms. The Kier molecular flexibility index (Phi) is 7.79. The average Bonchev–Trinajstić information content (AvgIpc) is 3.28. The van der Waals surface area contributed by atoms with E-state index in [2.05, 4.69) is 5.32 Å². The Morgan fingerprint density at radius 3 is 2.50 bits per heavy atom. The zero-order chi connectivity index (χ0) is 28.4. The van der Waals surface area contributed by atoms with Crippen molar-refractivity contribution in [1.29, 1.82) is 0 Å². The molecule has 0 saturated heterocycles. The van der Waals surface area contributed by atoms with Gasteiger partial charge in [-0.1, -0.05) is 59.5 Å². The van der Waals surface area contributed by atoms with Gasteiger partial charge in [-0.3, -0.25) is 18.7 Å². The quantitative estimate of drug-likeness (QED) is 0.127. The minimum Gasteiger partial charge on any atom is -0.495 e. The van der Waals surface area contributed by atoms with E-state index in [9.17, 15) is 22.8 Å². The van der Waals surface area contributed by atoms with Crippen molar-refractivity contribution < 1.29 is 22.7 Å². The predicted octanol–water partition coefficient (Wildman–Crippen LogP) is 6.73. The summed E-state index contributed by atoms with van der Waals surface area (Å²) >= 11 is 7.69. The first-order valence-corrected chi connectivity index (χ1v) is 13.9. The minimum absolute atomic E-state index is 0.00637. The number of hydrogen-bond donors (Lipinski definition) is 1. The molecule has 0 atom stereocenters. The standard InChI is InChI=1S/C27H19F3N4O3S3/c1-37-20-13-6-5-12-19(20)34-23-22(40-26(34)38)24(36)33(18-10-3-2-4-11-18)25(32-23)39-15-21(35)31-17-9-7-8-16(14-17)27(28,29)30/h2-14H,15H2,1H3,(H,31,35). The number of hydrogen-bond acceptors (Lipinski definition) is 7. The summed E-state index contributed by atoms with van der Waals surface area (Å²) in [6.45, 7) is 0. The first-order chi connectivity index (χ1) is 19.2. The van der Waals surface area contributed by atoms with Gasteiger partial charge in [-0.2, -0.15) is 13.2 Å². The van der Waals surface area contributed by atoms with Gasteiger partial charge in [-0.25, -0.2) is 4.98 Å². The smallest absolute Gasteiger partial charge is 0.416 e. The van der Waals surface area contributed by atoms with Gasteiger partial charge < -0.3 is 10.1 Å². The number of thiazole rings is 1. The molecule has 3 aromatic carbocycles. The maximum absolute atomic E-state index is 13.8. The molecule has 0 spiro atoms. The molecule has 0 radical (unpaired) electrons. The van der Waals surface area contributed by atoms with Crippen LogP contribution in [-0.4, -0.2) is 32.9 Å². The van der Waals surface area contributed by atoms with Crippen LogP contribution in [0.15, 0.2) is 88.8 Å². The van der Waals surface area contributed by atoms with E-state index in [0.29, 0.717) is 31.4 Å². The first-order valence-electron chi connectivity index (χ1n) is 11.6. The Hall–Kier alpha value is -3.94. The van der Waals surface area contributed by atoms with Gasteiger partial charge in [0.2, 0.25) is 5.91 Å². The van der Waals surface area contributed by atoms with Crippen LogP contribution in [-0.2, 0) is 11.0 Å². The predicted molar refractivity (Wildman–Crippen MR) is 153 cm³/mol. The number of carbonyl (C=O) groups is 1. The van der Waals surface area contributed by atoms with Crippen molar-refractivity contribution in [3.05, 3.63) is 98.7 Å². The minimum atomic E-state index is -4.54. The molecule has 5 aromatic rings. The highest BCUT2D eigenvalue weighted by Crippen LogP contribution is 2.32. The fraction of sp³-hybridized carbons (Fsp3) is 0.111. The molecule has 7 nitrogen and oxygen atoms in total. The van der Waals surface area contributed by atoms with Crippen molar-refractivity contribution >= 4 is 57.3 Å². The number of amides is 1. The zero-order valence-electron chi connectivity index (χ0n) is 20.6. The summed E-state index contributed by atoms with van der Waals surface area (Å²) in [6.07, 6.45) is -4.54. The third kappa shape index (κ3) is 5.53. The summed E-state index contributed by atoms with van der Waals surface area (Å²) in [6, 6.07) is 20.3. The Labute approximate surface area is 238 Å². The zero-order valence-corrected chi connectivity index (χ0v) is 23.1. The number of benzene rings is 3. The fourth-order valence-corrected chi connectivity index (χ4v) is 6.06. The molecule has 2 aromatic heterocycles. The number of thioether (sulfide) groups is 1. The van der Waals surface area contributed by atoms with E-state index in [-0.39, 0.29) is 22.2 Å². The van der Waals surface area contributed by atoms with Crippen molar-refractivity contribution in [1.82, 2.24) is 14.1 Å². The summed E-state index contributed by atoms with van der Waals surface area (Å²) in [4.78, 5) is 31.3. The van der Waals surface area contributed by atoms with Gasteiger partial charge in [0.15, 0.2) is 14.8 Å². The molecule has 0 saturated carbocycles. The molecule has 1 amide bonds. The highest BCUT2D eigenvalue weighted by atomic mass is 32.2. The van der Waals surface area contributed by atoms with Crippen LogP contribution in [0.3, 0.4) is 0 Å². The lowest BCUT2D eigenvalue weighted by atomic mass is 10.2. The second-order valence-electron chi connectivity index (χ2n) is 8.31. The summed E-state index contributed by atoms with van der Waals surface area (Å²) in [7, 11) is 1.52. The molecule has 0 aliphatic heterocycles. The van der Waals surface area contributed by atoms with Gasteiger partial charge in [-0.15, -0.1) is 0 Å². The van der Waals surface area contributed by atoms with Gasteiger partial charge in [0.1, 0.15) is 10.4 Å². The summed E-state index contributed by atoms with van der Waals surface area (Å²) in [5, 5.41) is 2.69. The topological polar surface area (TPSA) is 78.1 Å². The lowest BCUT2D eigenvalue weighted by Crippen LogP contribution is -2.22. The van der Waals surface area contributed by atoms with Crippen LogP contribution in [0.2, 0.25) is 0 Å². The Balaban J connectivity index is 1.56. The highest BCUT2D eigenvalue weighted by Gasteiger charge is 2.30. The summed E-state index contributed by atoms with van der Waals surface area (Å²) in [5.74, 6) is -0.257. The number of para-hydroxylation sites is 3. The van der Waals surface area contributed by atoms with E-state index >= 15 is 0 Å². The van der Waals surface area contributed by atoms with Crippen molar-refractivity contribution in [3.8, 4) is 17.1 Å². The number of alkyl halides is 3. The molecule has 1 N–H and O–H groups in total. The third-order valence-electron chi connectivity index (χ3n) is 5.72. The number of fused-ring (bicyclic) bond motifs is 1. The molecule has 13 heteroatoms. The van der Waals surface area contributed by atoms with E-state index in [1.807, 2.05) is 6.07 Å². The summed E-state index contributed by atoms with van der Waals surface area (Å²) < 4.78 is 48.5. The van der Waals surface area contributed by atoms with Gasteiger partial charge in [0.25, 0.3) is 5.56 Å². The molecule has 0 aliphatic carbocycles. The normalized spacial score (nSPS) is 11.5. The third-order valence-corrected chi connectivity index (χ3v) is 8.01. The maximum atomic E-state index is 13.8. The van der Waals surface area contributed by atoms with Crippen molar-refractivity contribution in [3.63, 3.8) is 0 Å². The SMILES string of the molecule is COc1ccccc1-n1c(=S)sc2c(=O)n(-c3ccccc3)c(SCC(=O)Nc3cccc(C(F)(F)F)c3)nc21. The monoisotopic (exact) mass is 600 g/mol. The van der Waals surface area contributed by atoms with Gasteiger partial charge >= 0.3 is 6.18 Å². The first kappa shape index (κ1) is 27.6. The van der Waals surface area contributed by atoms with Crippen LogP contribution in [0, 0.1) is 3.95 Å². The largest absolute Gasteiger partial charge is 0.495 e.